The van der Waals surface area contributed by atoms with E-state index in [-0.39, 0.29) is 11.4 Å². The summed E-state index contributed by atoms with van der Waals surface area (Å²) in [6, 6.07) is 4.53. The van der Waals surface area contributed by atoms with Crippen LogP contribution in [0.5, 0.6) is 0 Å². The number of likely N-dealkylation sites (N-methyl/N-ethyl adjacent to an activating group) is 1. The number of hydrogen-bond donors (Lipinski definition) is 1. The number of carbonyl (C=O) groups is 1. The van der Waals surface area contributed by atoms with Crippen molar-refractivity contribution in [1.82, 2.24) is 24.3 Å². The van der Waals surface area contributed by atoms with E-state index in [1.54, 1.807) is 0 Å². The van der Waals surface area contributed by atoms with Crippen LogP contribution in [0.2, 0.25) is 0 Å². The topological polar surface area (TPSA) is 57.2 Å². The van der Waals surface area contributed by atoms with E-state index in [9.17, 15) is 4.79 Å². The van der Waals surface area contributed by atoms with Crippen LogP contribution in [-0.2, 0) is 12.0 Å². The largest absolute Gasteiger partial charge is 0.348 e. The summed E-state index contributed by atoms with van der Waals surface area (Å²) in [7, 11) is 0. The molecule has 1 saturated carbocycles. The molecule has 1 amide bonds. The fourth-order valence-electron chi connectivity index (χ4n) is 5.02. The van der Waals surface area contributed by atoms with Crippen LogP contribution in [0.25, 0.3) is 0 Å². The van der Waals surface area contributed by atoms with Gasteiger partial charge >= 0.3 is 0 Å². The number of piperidine rings is 1. The highest BCUT2D eigenvalue weighted by molar-refractivity contribution is 5.93. The molecule has 2 aromatic rings. The predicted octanol–water partition coefficient (Wildman–Crippen LogP) is 2.56. The lowest BCUT2D eigenvalue weighted by atomic mass is 9.78. The highest BCUT2D eigenvalue weighted by Gasteiger charge is 2.46. The molecule has 6 nitrogen and oxygen atoms in total. The van der Waals surface area contributed by atoms with Gasteiger partial charge < -0.3 is 14.5 Å². The highest BCUT2D eigenvalue weighted by Crippen LogP contribution is 2.42. The molecule has 0 aromatic carbocycles. The Bertz CT molecular complexity index is 810. The van der Waals surface area contributed by atoms with E-state index in [2.05, 4.69) is 27.6 Å². The Kier molecular flexibility index (Phi) is 3.71. The lowest BCUT2D eigenvalue weighted by Crippen LogP contribution is -2.57. The molecule has 1 N–H and O–H groups in total. The van der Waals surface area contributed by atoms with E-state index in [1.807, 2.05) is 23.4 Å². The van der Waals surface area contributed by atoms with Crippen LogP contribution >= 0.6 is 0 Å². The second kappa shape index (κ2) is 5.98. The normalized spacial score (nSPS) is 22.6. The van der Waals surface area contributed by atoms with Crippen LogP contribution < -0.4 is 0 Å². The molecule has 0 radical (unpaired) electrons. The smallest absolute Gasteiger partial charge is 0.270 e. The van der Waals surface area contributed by atoms with Crippen molar-refractivity contribution >= 4 is 5.91 Å². The number of likely N-dealkylation sites (tertiary alicyclic amines) is 1. The first-order valence-electron chi connectivity index (χ1n) is 9.97. The monoisotopic (exact) mass is 353 g/mol. The SMILES string of the molecule is CCN1CCc2[nH]cnc2C12CCN(C(=O)c1cccn1C1CC1)CC2. The van der Waals surface area contributed by atoms with Gasteiger partial charge in [-0.15, -0.1) is 0 Å². The minimum absolute atomic E-state index is 0.00238. The van der Waals surface area contributed by atoms with Crippen molar-refractivity contribution < 1.29 is 4.79 Å². The maximum atomic E-state index is 13.1. The molecule has 5 rings (SSSR count). The van der Waals surface area contributed by atoms with Crippen LogP contribution in [0.15, 0.2) is 24.7 Å². The first-order valence-corrected chi connectivity index (χ1v) is 9.97. The van der Waals surface area contributed by atoms with Crippen molar-refractivity contribution in [1.29, 1.82) is 0 Å². The van der Waals surface area contributed by atoms with Gasteiger partial charge in [-0.05, 0) is 44.4 Å². The summed E-state index contributed by atoms with van der Waals surface area (Å²) >= 11 is 0. The summed E-state index contributed by atoms with van der Waals surface area (Å²) in [5.74, 6) is 0.192. The van der Waals surface area contributed by atoms with E-state index in [0.29, 0.717) is 6.04 Å². The third-order valence-corrected chi connectivity index (χ3v) is 6.59. The number of carbonyl (C=O) groups excluding carboxylic acids is 1. The number of imidazole rings is 1. The number of H-pyrrole nitrogens is 1. The van der Waals surface area contributed by atoms with Crippen LogP contribution in [-0.4, -0.2) is 56.4 Å². The van der Waals surface area contributed by atoms with Gasteiger partial charge in [0, 0.05) is 44.0 Å². The summed E-state index contributed by atoms with van der Waals surface area (Å²) in [5.41, 5.74) is 3.37. The average molecular weight is 353 g/mol. The van der Waals surface area contributed by atoms with Crippen LogP contribution in [0.4, 0.5) is 0 Å². The lowest BCUT2D eigenvalue weighted by Gasteiger charge is -2.50. The van der Waals surface area contributed by atoms with Gasteiger partial charge in [-0.2, -0.15) is 0 Å². The number of nitrogens with zero attached hydrogens (tertiary/aromatic N) is 4. The van der Waals surface area contributed by atoms with E-state index in [0.717, 1.165) is 51.1 Å². The molecule has 1 saturated heterocycles. The minimum Gasteiger partial charge on any atom is -0.348 e. The van der Waals surface area contributed by atoms with Gasteiger partial charge in [0.2, 0.25) is 0 Å². The van der Waals surface area contributed by atoms with Gasteiger partial charge in [0.25, 0.3) is 5.91 Å². The zero-order valence-corrected chi connectivity index (χ0v) is 15.4. The molecule has 1 aliphatic carbocycles. The molecule has 3 aliphatic rings. The molecule has 4 heterocycles. The Morgan fingerprint density at radius 2 is 2.12 bits per heavy atom. The maximum absolute atomic E-state index is 13.1. The van der Waals surface area contributed by atoms with Crippen LogP contribution in [0.1, 0.15) is 60.5 Å². The van der Waals surface area contributed by atoms with E-state index >= 15 is 0 Å². The average Bonchev–Trinajstić information content (AvgIpc) is 3.20. The molecule has 2 aromatic heterocycles. The Hall–Kier alpha value is -2.08. The fourth-order valence-corrected chi connectivity index (χ4v) is 5.02. The van der Waals surface area contributed by atoms with Crippen molar-refractivity contribution in [2.45, 2.75) is 50.6 Å². The molecule has 0 unspecified atom stereocenters. The second-order valence-corrected chi connectivity index (χ2v) is 7.92. The summed E-state index contributed by atoms with van der Waals surface area (Å²) in [4.78, 5) is 25.8. The Morgan fingerprint density at radius 3 is 2.85 bits per heavy atom. The zero-order valence-electron chi connectivity index (χ0n) is 15.4. The van der Waals surface area contributed by atoms with Crippen molar-refractivity contribution in [3.63, 3.8) is 0 Å². The predicted molar refractivity (Wildman–Crippen MR) is 99.1 cm³/mol. The molecule has 26 heavy (non-hydrogen) atoms. The Labute approximate surface area is 154 Å². The molecule has 2 aliphatic heterocycles. The van der Waals surface area contributed by atoms with Crippen LogP contribution in [0.3, 0.4) is 0 Å². The van der Waals surface area contributed by atoms with E-state index in [4.69, 9.17) is 4.98 Å². The Balaban J connectivity index is 1.37. The first-order chi connectivity index (χ1) is 12.7. The zero-order chi connectivity index (χ0) is 17.7. The number of nitrogens with one attached hydrogen (secondary N) is 1. The lowest BCUT2D eigenvalue weighted by molar-refractivity contribution is 0.00989. The number of rotatable bonds is 3. The van der Waals surface area contributed by atoms with Gasteiger partial charge in [0.15, 0.2) is 0 Å². The summed E-state index contributed by atoms with van der Waals surface area (Å²) < 4.78 is 2.18. The Morgan fingerprint density at radius 1 is 1.31 bits per heavy atom. The minimum atomic E-state index is -0.00238. The van der Waals surface area contributed by atoms with Crippen molar-refractivity contribution in [2.75, 3.05) is 26.2 Å². The van der Waals surface area contributed by atoms with Crippen molar-refractivity contribution in [2.24, 2.45) is 0 Å². The molecule has 0 bridgehead atoms. The quantitative estimate of drug-likeness (QED) is 0.923. The molecule has 138 valence electrons. The highest BCUT2D eigenvalue weighted by atomic mass is 16.2. The van der Waals surface area contributed by atoms with Gasteiger partial charge in [0.1, 0.15) is 5.69 Å². The molecular weight excluding hydrogens is 326 g/mol. The molecular formula is C20H27N5O. The maximum Gasteiger partial charge on any atom is 0.270 e. The van der Waals surface area contributed by atoms with Gasteiger partial charge in [-0.1, -0.05) is 6.92 Å². The molecule has 1 spiro atoms. The van der Waals surface area contributed by atoms with Crippen molar-refractivity contribution in [3.8, 4) is 0 Å². The number of aromatic nitrogens is 3. The van der Waals surface area contributed by atoms with Gasteiger partial charge in [0.05, 0.1) is 17.6 Å². The third kappa shape index (κ3) is 2.35. The standard InChI is InChI=1S/C20H27N5O/c1-2-24-11-7-16-18(22-14-21-16)20(24)8-12-23(13-9-20)19(26)17-4-3-10-25(17)15-5-6-15/h3-4,10,14-15H,2,5-9,11-13H2,1H3,(H,21,22). The number of fused-ring (bicyclic) bond motifs is 2. The van der Waals surface area contributed by atoms with Crippen LogP contribution in [0, 0.1) is 0 Å². The van der Waals surface area contributed by atoms with E-state index in [1.165, 1.54) is 24.2 Å². The van der Waals surface area contributed by atoms with Gasteiger partial charge in [-0.3, -0.25) is 9.69 Å². The fraction of sp³-hybridized carbons (Fsp3) is 0.600. The number of hydrogen-bond acceptors (Lipinski definition) is 3. The first kappa shape index (κ1) is 16.1. The summed E-state index contributed by atoms with van der Waals surface area (Å²) in [6.45, 7) is 5.95. The third-order valence-electron chi connectivity index (χ3n) is 6.59. The summed E-state index contributed by atoms with van der Waals surface area (Å²) in [6.07, 6.45) is 9.28. The summed E-state index contributed by atoms with van der Waals surface area (Å²) in [5, 5.41) is 0. The second-order valence-electron chi connectivity index (χ2n) is 7.92. The number of aromatic amines is 1. The molecule has 6 heteroatoms. The van der Waals surface area contributed by atoms with E-state index < -0.39 is 0 Å². The van der Waals surface area contributed by atoms with Crippen molar-refractivity contribution in [3.05, 3.63) is 41.7 Å². The molecule has 0 atom stereocenters. The molecule has 2 fully saturated rings. The van der Waals surface area contributed by atoms with Gasteiger partial charge in [-0.25, -0.2) is 4.98 Å². The number of amides is 1.